The number of hydrogen-bond donors (Lipinski definition) is 2. The molecule has 1 atom stereocenters. The SMILES string of the molecule is C[C@H](Nc1cnn(-c2ccccc2)c1)C(=O)NCc1cccs1. The summed E-state index contributed by atoms with van der Waals surface area (Å²) in [4.78, 5) is 13.3. The van der Waals surface area contributed by atoms with Crippen molar-refractivity contribution in [1.29, 1.82) is 0 Å². The van der Waals surface area contributed by atoms with Crippen LogP contribution in [0.1, 0.15) is 11.8 Å². The molecule has 3 rings (SSSR count). The number of nitrogens with zero attached hydrogens (tertiary/aromatic N) is 2. The smallest absolute Gasteiger partial charge is 0.242 e. The van der Waals surface area contributed by atoms with Crippen molar-refractivity contribution in [2.75, 3.05) is 5.32 Å². The predicted molar refractivity (Wildman–Crippen MR) is 92.8 cm³/mol. The highest BCUT2D eigenvalue weighted by molar-refractivity contribution is 7.09. The summed E-state index contributed by atoms with van der Waals surface area (Å²) in [6, 6.07) is 13.5. The maximum Gasteiger partial charge on any atom is 0.242 e. The summed E-state index contributed by atoms with van der Waals surface area (Å²) < 4.78 is 1.78. The van der Waals surface area contributed by atoms with Gasteiger partial charge in [-0.3, -0.25) is 4.79 Å². The molecule has 1 amide bonds. The fourth-order valence-electron chi connectivity index (χ4n) is 2.18. The first-order valence-corrected chi connectivity index (χ1v) is 8.27. The Morgan fingerprint density at radius 2 is 2.09 bits per heavy atom. The summed E-state index contributed by atoms with van der Waals surface area (Å²) in [5.74, 6) is -0.0362. The van der Waals surface area contributed by atoms with Crippen molar-refractivity contribution in [2.45, 2.75) is 19.5 Å². The Bertz CT molecular complexity index is 752. The minimum absolute atomic E-state index is 0.0362. The van der Waals surface area contributed by atoms with Crippen molar-refractivity contribution in [3.05, 3.63) is 65.1 Å². The van der Waals surface area contributed by atoms with Crippen LogP contribution in [0.2, 0.25) is 0 Å². The number of amides is 1. The average molecular weight is 326 g/mol. The molecule has 0 radical (unpaired) electrons. The molecular weight excluding hydrogens is 308 g/mol. The highest BCUT2D eigenvalue weighted by Crippen LogP contribution is 2.12. The maximum absolute atomic E-state index is 12.1. The fourth-order valence-corrected chi connectivity index (χ4v) is 2.82. The number of thiophene rings is 1. The van der Waals surface area contributed by atoms with Crippen LogP contribution in [0.5, 0.6) is 0 Å². The summed E-state index contributed by atoms with van der Waals surface area (Å²) in [6.07, 6.45) is 3.59. The molecular formula is C17H18N4OS. The normalized spacial score (nSPS) is 11.9. The van der Waals surface area contributed by atoms with Crippen LogP contribution < -0.4 is 10.6 Å². The van der Waals surface area contributed by atoms with Gasteiger partial charge in [0, 0.05) is 4.88 Å². The topological polar surface area (TPSA) is 59.0 Å². The van der Waals surface area contributed by atoms with E-state index in [0.29, 0.717) is 6.54 Å². The lowest BCUT2D eigenvalue weighted by atomic mass is 10.3. The molecule has 23 heavy (non-hydrogen) atoms. The lowest BCUT2D eigenvalue weighted by Crippen LogP contribution is -2.36. The number of hydrogen-bond acceptors (Lipinski definition) is 4. The minimum Gasteiger partial charge on any atom is -0.371 e. The first-order chi connectivity index (χ1) is 11.2. The van der Waals surface area contributed by atoms with E-state index in [1.807, 2.05) is 61.0 Å². The van der Waals surface area contributed by atoms with Crippen LogP contribution in [0, 0.1) is 0 Å². The van der Waals surface area contributed by atoms with Crippen LogP contribution >= 0.6 is 11.3 Å². The Morgan fingerprint density at radius 1 is 1.26 bits per heavy atom. The first-order valence-electron chi connectivity index (χ1n) is 7.39. The summed E-state index contributed by atoms with van der Waals surface area (Å²) in [7, 11) is 0. The Balaban J connectivity index is 1.56. The van der Waals surface area contributed by atoms with E-state index in [4.69, 9.17) is 0 Å². The zero-order valence-electron chi connectivity index (χ0n) is 12.8. The largest absolute Gasteiger partial charge is 0.371 e. The number of rotatable bonds is 6. The molecule has 2 aromatic heterocycles. The van der Waals surface area contributed by atoms with Gasteiger partial charge in [-0.15, -0.1) is 11.3 Å². The van der Waals surface area contributed by atoms with E-state index in [-0.39, 0.29) is 11.9 Å². The molecule has 0 aliphatic heterocycles. The first kappa shape index (κ1) is 15.3. The van der Waals surface area contributed by atoms with Crippen LogP contribution in [-0.4, -0.2) is 21.7 Å². The lowest BCUT2D eigenvalue weighted by molar-refractivity contribution is -0.121. The standard InChI is InChI=1S/C17H18N4OS/c1-13(17(22)18-11-16-8-5-9-23-16)20-14-10-19-21(12-14)15-6-3-2-4-7-15/h2-10,12-13,20H,11H2,1H3,(H,18,22)/t13-/m0/s1. The van der Waals surface area contributed by atoms with Crippen molar-refractivity contribution in [3.8, 4) is 5.69 Å². The molecule has 118 valence electrons. The predicted octanol–water partition coefficient (Wildman–Crippen LogP) is 3.05. The number of carbonyl (C=O) groups is 1. The summed E-state index contributed by atoms with van der Waals surface area (Å²) in [5.41, 5.74) is 1.79. The van der Waals surface area contributed by atoms with Gasteiger partial charge in [0.15, 0.2) is 0 Å². The zero-order valence-corrected chi connectivity index (χ0v) is 13.6. The molecule has 0 fully saturated rings. The second-order valence-corrected chi connectivity index (χ2v) is 6.20. The van der Waals surface area contributed by atoms with E-state index < -0.39 is 0 Å². The van der Waals surface area contributed by atoms with Gasteiger partial charge in [0.1, 0.15) is 6.04 Å². The molecule has 0 saturated heterocycles. The van der Waals surface area contributed by atoms with E-state index in [1.54, 1.807) is 22.2 Å². The molecule has 1 aromatic carbocycles. The molecule has 0 aliphatic rings. The van der Waals surface area contributed by atoms with Gasteiger partial charge in [-0.25, -0.2) is 4.68 Å². The van der Waals surface area contributed by atoms with E-state index in [1.165, 1.54) is 0 Å². The van der Waals surface area contributed by atoms with Gasteiger partial charge in [-0.2, -0.15) is 5.10 Å². The van der Waals surface area contributed by atoms with Gasteiger partial charge in [0.25, 0.3) is 0 Å². The minimum atomic E-state index is -0.330. The van der Waals surface area contributed by atoms with Crippen LogP contribution in [0.3, 0.4) is 0 Å². The quantitative estimate of drug-likeness (QED) is 0.732. The zero-order chi connectivity index (χ0) is 16.1. The Hall–Kier alpha value is -2.60. The van der Waals surface area contributed by atoms with Gasteiger partial charge in [0.05, 0.1) is 30.3 Å². The summed E-state index contributed by atoms with van der Waals surface area (Å²) in [6.45, 7) is 2.40. The van der Waals surface area contributed by atoms with Gasteiger partial charge in [-0.1, -0.05) is 24.3 Å². The molecule has 2 N–H and O–H groups in total. The molecule has 2 heterocycles. The number of benzene rings is 1. The van der Waals surface area contributed by atoms with E-state index in [2.05, 4.69) is 15.7 Å². The highest BCUT2D eigenvalue weighted by atomic mass is 32.1. The van der Waals surface area contributed by atoms with E-state index >= 15 is 0 Å². The van der Waals surface area contributed by atoms with E-state index in [0.717, 1.165) is 16.3 Å². The third kappa shape index (κ3) is 3.98. The number of anilines is 1. The van der Waals surface area contributed by atoms with Crippen LogP contribution in [0.4, 0.5) is 5.69 Å². The van der Waals surface area contributed by atoms with Crippen molar-refractivity contribution in [3.63, 3.8) is 0 Å². The third-order valence-corrected chi connectivity index (χ3v) is 4.27. The van der Waals surface area contributed by atoms with Gasteiger partial charge < -0.3 is 10.6 Å². The molecule has 3 aromatic rings. The molecule has 0 unspecified atom stereocenters. The molecule has 5 nitrogen and oxygen atoms in total. The van der Waals surface area contributed by atoms with Crippen molar-refractivity contribution < 1.29 is 4.79 Å². The van der Waals surface area contributed by atoms with Crippen LogP contribution in [-0.2, 0) is 11.3 Å². The second-order valence-electron chi connectivity index (χ2n) is 5.17. The second kappa shape index (κ2) is 7.11. The van der Waals surface area contributed by atoms with Crippen molar-refractivity contribution in [2.24, 2.45) is 0 Å². The van der Waals surface area contributed by atoms with Gasteiger partial charge >= 0.3 is 0 Å². The summed E-state index contributed by atoms with van der Waals surface area (Å²) in [5, 5.41) is 12.4. The maximum atomic E-state index is 12.1. The fraction of sp³-hybridized carbons (Fsp3) is 0.176. The Kier molecular flexibility index (Phi) is 4.73. The molecule has 0 saturated carbocycles. The Morgan fingerprint density at radius 3 is 2.83 bits per heavy atom. The lowest BCUT2D eigenvalue weighted by Gasteiger charge is -2.13. The number of carbonyl (C=O) groups excluding carboxylic acids is 1. The average Bonchev–Trinajstić information content (AvgIpc) is 3.25. The van der Waals surface area contributed by atoms with Gasteiger partial charge in [-0.05, 0) is 30.5 Å². The van der Waals surface area contributed by atoms with E-state index in [9.17, 15) is 4.79 Å². The van der Waals surface area contributed by atoms with Crippen LogP contribution in [0.25, 0.3) is 5.69 Å². The molecule has 0 bridgehead atoms. The van der Waals surface area contributed by atoms with Crippen molar-refractivity contribution >= 4 is 22.9 Å². The molecule has 0 spiro atoms. The number of nitrogens with one attached hydrogen (secondary N) is 2. The van der Waals surface area contributed by atoms with Gasteiger partial charge in [0.2, 0.25) is 5.91 Å². The van der Waals surface area contributed by atoms with Crippen molar-refractivity contribution in [1.82, 2.24) is 15.1 Å². The number of aromatic nitrogens is 2. The molecule has 6 heteroatoms. The third-order valence-electron chi connectivity index (χ3n) is 3.40. The van der Waals surface area contributed by atoms with Crippen LogP contribution in [0.15, 0.2) is 60.2 Å². The Labute approximate surface area is 139 Å². The monoisotopic (exact) mass is 326 g/mol. The summed E-state index contributed by atoms with van der Waals surface area (Å²) >= 11 is 1.63. The molecule has 0 aliphatic carbocycles. The highest BCUT2D eigenvalue weighted by Gasteiger charge is 2.13. The number of para-hydroxylation sites is 1.